The van der Waals surface area contributed by atoms with Gasteiger partial charge in [0.05, 0.1) is 6.10 Å². The summed E-state index contributed by atoms with van der Waals surface area (Å²) >= 11 is 3.42. The quantitative estimate of drug-likeness (QED) is 0.379. The molecular formula is C15H21BrN2O2. The minimum absolute atomic E-state index is 0.0860. The second-order valence-corrected chi connectivity index (χ2v) is 6.96. The van der Waals surface area contributed by atoms with E-state index in [0.717, 1.165) is 23.1 Å². The van der Waals surface area contributed by atoms with E-state index in [2.05, 4.69) is 34.9 Å². The summed E-state index contributed by atoms with van der Waals surface area (Å²) < 4.78 is 6.79. The van der Waals surface area contributed by atoms with Gasteiger partial charge in [-0.1, -0.05) is 19.0 Å². The molecule has 5 heteroatoms. The predicted octanol–water partition coefficient (Wildman–Crippen LogP) is 3.89. The van der Waals surface area contributed by atoms with Crippen molar-refractivity contribution >= 4 is 21.8 Å². The number of halogens is 1. The molecule has 0 amide bonds. The van der Waals surface area contributed by atoms with Crippen molar-refractivity contribution in [2.45, 2.75) is 45.6 Å². The summed E-state index contributed by atoms with van der Waals surface area (Å²) in [7, 11) is 0. The van der Waals surface area contributed by atoms with E-state index >= 15 is 0 Å². The SMILES string of the molecule is CC1(C)CCC(Oc2ccc(/C(N)=N/O)c(Br)c2)CC1. The van der Waals surface area contributed by atoms with Crippen LogP contribution >= 0.6 is 15.9 Å². The molecule has 1 aromatic rings. The Balaban J connectivity index is 2.03. The van der Waals surface area contributed by atoms with Crippen LogP contribution < -0.4 is 10.5 Å². The lowest BCUT2D eigenvalue weighted by Gasteiger charge is -2.34. The molecule has 0 saturated heterocycles. The molecular weight excluding hydrogens is 320 g/mol. The molecule has 0 unspecified atom stereocenters. The molecule has 0 radical (unpaired) electrons. The van der Waals surface area contributed by atoms with E-state index in [1.54, 1.807) is 6.07 Å². The maximum absolute atomic E-state index is 8.70. The number of rotatable bonds is 3. The Morgan fingerprint density at radius 3 is 2.60 bits per heavy atom. The second-order valence-electron chi connectivity index (χ2n) is 6.11. The number of nitrogens with two attached hydrogens (primary N) is 1. The predicted molar refractivity (Wildman–Crippen MR) is 83.3 cm³/mol. The molecule has 2 rings (SSSR count). The summed E-state index contributed by atoms with van der Waals surface area (Å²) in [6.07, 6.45) is 4.85. The number of nitrogens with zero attached hydrogens (tertiary/aromatic N) is 1. The van der Waals surface area contributed by atoms with Gasteiger partial charge in [0.1, 0.15) is 5.75 Å². The summed E-state index contributed by atoms with van der Waals surface area (Å²) in [5.41, 5.74) is 6.69. The van der Waals surface area contributed by atoms with Crippen molar-refractivity contribution in [1.29, 1.82) is 0 Å². The van der Waals surface area contributed by atoms with Gasteiger partial charge in [-0.05, 0) is 65.2 Å². The van der Waals surface area contributed by atoms with Crippen LogP contribution in [0, 0.1) is 5.41 Å². The van der Waals surface area contributed by atoms with Gasteiger partial charge < -0.3 is 15.7 Å². The molecule has 1 fully saturated rings. The molecule has 1 aliphatic rings. The zero-order chi connectivity index (χ0) is 14.8. The average Bonchev–Trinajstić information content (AvgIpc) is 2.40. The Kier molecular flexibility index (Phi) is 4.58. The molecule has 0 bridgehead atoms. The molecule has 0 heterocycles. The van der Waals surface area contributed by atoms with Gasteiger partial charge in [-0.15, -0.1) is 0 Å². The van der Waals surface area contributed by atoms with Crippen LogP contribution in [0.5, 0.6) is 5.75 Å². The summed E-state index contributed by atoms with van der Waals surface area (Å²) in [6, 6.07) is 5.52. The van der Waals surface area contributed by atoms with Crippen molar-refractivity contribution < 1.29 is 9.94 Å². The first-order chi connectivity index (χ1) is 9.41. The topological polar surface area (TPSA) is 67.8 Å². The zero-order valence-electron chi connectivity index (χ0n) is 11.9. The Hall–Kier alpha value is -1.23. The maximum Gasteiger partial charge on any atom is 0.171 e. The highest BCUT2D eigenvalue weighted by Crippen LogP contribution is 2.37. The van der Waals surface area contributed by atoms with Crippen molar-refractivity contribution in [3.8, 4) is 5.75 Å². The fraction of sp³-hybridized carbons (Fsp3) is 0.533. The monoisotopic (exact) mass is 340 g/mol. The minimum atomic E-state index is 0.0860. The number of hydrogen-bond acceptors (Lipinski definition) is 3. The summed E-state index contributed by atoms with van der Waals surface area (Å²) in [5.74, 6) is 0.902. The standard InChI is InChI=1S/C15H21BrN2O2/c1-15(2)7-5-10(6-8-15)20-11-3-4-12(13(16)9-11)14(17)18-19/h3-4,9-10,19H,5-8H2,1-2H3,(H2,17,18). The smallest absolute Gasteiger partial charge is 0.171 e. The van der Waals surface area contributed by atoms with E-state index in [0.29, 0.717) is 11.0 Å². The van der Waals surface area contributed by atoms with Gasteiger partial charge in [0.2, 0.25) is 0 Å². The number of oxime groups is 1. The Bertz CT molecular complexity index is 505. The fourth-order valence-electron chi connectivity index (χ4n) is 2.51. The molecule has 0 aromatic heterocycles. The molecule has 1 aromatic carbocycles. The second kappa shape index (κ2) is 6.04. The Morgan fingerprint density at radius 1 is 1.40 bits per heavy atom. The highest BCUT2D eigenvalue weighted by atomic mass is 79.9. The molecule has 0 atom stereocenters. The third kappa shape index (κ3) is 3.66. The first-order valence-electron chi connectivity index (χ1n) is 6.85. The molecule has 1 aliphatic carbocycles. The van der Waals surface area contributed by atoms with Crippen molar-refractivity contribution in [2.75, 3.05) is 0 Å². The number of ether oxygens (including phenoxy) is 1. The molecule has 1 saturated carbocycles. The van der Waals surface area contributed by atoms with Crippen molar-refractivity contribution in [2.24, 2.45) is 16.3 Å². The first-order valence-corrected chi connectivity index (χ1v) is 7.65. The number of benzene rings is 1. The first kappa shape index (κ1) is 15.2. The van der Waals surface area contributed by atoms with Gasteiger partial charge >= 0.3 is 0 Å². The fourth-order valence-corrected chi connectivity index (χ4v) is 3.07. The lowest BCUT2D eigenvalue weighted by Crippen LogP contribution is -2.28. The van der Waals surface area contributed by atoms with Crippen LogP contribution in [-0.4, -0.2) is 17.1 Å². The zero-order valence-corrected chi connectivity index (χ0v) is 13.5. The normalized spacial score (nSPS) is 19.9. The highest BCUT2D eigenvalue weighted by Gasteiger charge is 2.27. The van der Waals surface area contributed by atoms with Crippen LogP contribution in [0.4, 0.5) is 0 Å². The van der Waals surface area contributed by atoms with Crippen molar-refractivity contribution in [3.05, 3.63) is 28.2 Å². The van der Waals surface area contributed by atoms with Crippen LogP contribution in [0.1, 0.15) is 45.1 Å². The van der Waals surface area contributed by atoms with Crippen molar-refractivity contribution in [3.63, 3.8) is 0 Å². The van der Waals surface area contributed by atoms with E-state index in [1.807, 2.05) is 12.1 Å². The van der Waals surface area contributed by atoms with Gasteiger partial charge in [-0.25, -0.2) is 0 Å². The van der Waals surface area contributed by atoms with Crippen LogP contribution in [-0.2, 0) is 0 Å². The van der Waals surface area contributed by atoms with Crippen LogP contribution in [0.15, 0.2) is 27.8 Å². The van der Waals surface area contributed by atoms with Gasteiger partial charge in [0.15, 0.2) is 5.84 Å². The van der Waals surface area contributed by atoms with E-state index in [1.165, 1.54) is 12.8 Å². The van der Waals surface area contributed by atoms with Crippen LogP contribution in [0.2, 0.25) is 0 Å². The lowest BCUT2D eigenvalue weighted by atomic mass is 9.76. The Labute approximate surface area is 128 Å². The van der Waals surface area contributed by atoms with E-state index in [9.17, 15) is 0 Å². The summed E-state index contributed by atoms with van der Waals surface area (Å²) in [4.78, 5) is 0. The molecule has 0 spiro atoms. The number of amidine groups is 1. The highest BCUT2D eigenvalue weighted by molar-refractivity contribution is 9.10. The van der Waals surface area contributed by atoms with Gasteiger partial charge in [-0.3, -0.25) is 0 Å². The summed E-state index contributed by atoms with van der Waals surface area (Å²) in [5, 5.41) is 11.7. The minimum Gasteiger partial charge on any atom is -0.490 e. The lowest BCUT2D eigenvalue weighted by molar-refractivity contribution is 0.0987. The summed E-state index contributed by atoms with van der Waals surface area (Å²) in [6.45, 7) is 4.62. The third-order valence-corrected chi connectivity index (χ3v) is 4.57. The van der Waals surface area contributed by atoms with Gasteiger partial charge in [-0.2, -0.15) is 0 Å². The van der Waals surface area contributed by atoms with Gasteiger partial charge in [0.25, 0.3) is 0 Å². The van der Waals surface area contributed by atoms with E-state index < -0.39 is 0 Å². The third-order valence-electron chi connectivity index (χ3n) is 3.91. The molecule has 110 valence electrons. The van der Waals surface area contributed by atoms with Crippen molar-refractivity contribution in [1.82, 2.24) is 0 Å². The van der Waals surface area contributed by atoms with Gasteiger partial charge in [0, 0.05) is 10.0 Å². The average molecular weight is 341 g/mol. The largest absolute Gasteiger partial charge is 0.490 e. The molecule has 0 aliphatic heterocycles. The van der Waals surface area contributed by atoms with Crippen LogP contribution in [0.3, 0.4) is 0 Å². The molecule has 20 heavy (non-hydrogen) atoms. The maximum atomic E-state index is 8.70. The van der Waals surface area contributed by atoms with E-state index in [-0.39, 0.29) is 11.9 Å². The molecule has 4 nitrogen and oxygen atoms in total. The van der Waals surface area contributed by atoms with E-state index in [4.69, 9.17) is 15.7 Å². The van der Waals surface area contributed by atoms with Crippen LogP contribution in [0.25, 0.3) is 0 Å². The molecule has 3 N–H and O–H groups in total. The number of hydrogen-bond donors (Lipinski definition) is 2. The Morgan fingerprint density at radius 2 is 2.05 bits per heavy atom.